The van der Waals surface area contributed by atoms with Gasteiger partial charge in [-0.05, 0) is 43.4 Å². The number of carbonyl (C=O) groups excluding carboxylic acids is 1. The molecular formula is C17H21N3O3. The summed E-state index contributed by atoms with van der Waals surface area (Å²) < 4.78 is 1.69. The topological polar surface area (TPSA) is 87.4 Å². The molecular weight excluding hydrogens is 294 g/mol. The SMILES string of the molecule is Cc1ccc(C(=O)N[C@H](c2cnn(C)c2)C2CC(O)C2)c(O)c1. The Hall–Kier alpha value is -2.34. The molecule has 3 rings (SSSR count). The summed E-state index contributed by atoms with van der Waals surface area (Å²) in [4.78, 5) is 12.5. The van der Waals surface area contributed by atoms with Crippen molar-refractivity contribution in [3.8, 4) is 5.75 Å². The van der Waals surface area contributed by atoms with Gasteiger partial charge in [0.1, 0.15) is 5.75 Å². The van der Waals surface area contributed by atoms with Crippen molar-refractivity contribution in [2.75, 3.05) is 0 Å². The third kappa shape index (κ3) is 3.22. The molecule has 0 saturated heterocycles. The fourth-order valence-corrected chi connectivity index (χ4v) is 3.03. The van der Waals surface area contributed by atoms with E-state index in [4.69, 9.17) is 0 Å². The molecule has 1 aromatic carbocycles. The Morgan fingerprint density at radius 2 is 2.17 bits per heavy atom. The second kappa shape index (κ2) is 6.04. The summed E-state index contributed by atoms with van der Waals surface area (Å²) in [5, 5.41) is 26.7. The minimum absolute atomic E-state index is 0.0268. The van der Waals surface area contributed by atoms with Gasteiger partial charge in [0.2, 0.25) is 0 Å². The van der Waals surface area contributed by atoms with E-state index >= 15 is 0 Å². The number of carbonyl (C=O) groups is 1. The molecule has 0 radical (unpaired) electrons. The van der Waals surface area contributed by atoms with Crippen molar-refractivity contribution in [3.63, 3.8) is 0 Å². The van der Waals surface area contributed by atoms with Crippen molar-refractivity contribution >= 4 is 5.91 Å². The molecule has 3 N–H and O–H groups in total. The lowest BCUT2D eigenvalue weighted by Crippen LogP contribution is -2.41. The predicted octanol–water partition coefficient (Wildman–Crippen LogP) is 1.68. The summed E-state index contributed by atoms with van der Waals surface area (Å²) >= 11 is 0. The second-order valence-electron chi connectivity index (χ2n) is 6.30. The molecule has 0 bridgehead atoms. The van der Waals surface area contributed by atoms with Crippen LogP contribution in [0.5, 0.6) is 5.75 Å². The molecule has 1 fully saturated rings. The highest BCUT2D eigenvalue weighted by molar-refractivity contribution is 5.97. The van der Waals surface area contributed by atoms with Crippen molar-refractivity contribution in [2.45, 2.75) is 31.9 Å². The maximum atomic E-state index is 12.5. The third-order valence-corrected chi connectivity index (χ3v) is 4.39. The molecule has 2 aromatic rings. The van der Waals surface area contributed by atoms with Gasteiger partial charge in [-0.3, -0.25) is 9.48 Å². The molecule has 1 aromatic heterocycles. The monoisotopic (exact) mass is 315 g/mol. The highest BCUT2D eigenvalue weighted by Gasteiger charge is 2.36. The number of aromatic nitrogens is 2. The summed E-state index contributed by atoms with van der Waals surface area (Å²) in [6, 6.07) is 4.76. The number of benzene rings is 1. The van der Waals surface area contributed by atoms with Crippen LogP contribution in [-0.4, -0.2) is 32.0 Å². The van der Waals surface area contributed by atoms with Crippen molar-refractivity contribution in [1.29, 1.82) is 0 Å². The first-order valence-electron chi connectivity index (χ1n) is 7.71. The molecule has 1 heterocycles. The van der Waals surface area contributed by atoms with Crippen molar-refractivity contribution in [3.05, 3.63) is 47.3 Å². The molecule has 0 aliphatic heterocycles. The van der Waals surface area contributed by atoms with Gasteiger partial charge in [0.25, 0.3) is 5.91 Å². The van der Waals surface area contributed by atoms with E-state index in [2.05, 4.69) is 10.4 Å². The van der Waals surface area contributed by atoms with Crippen LogP contribution in [0.25, 0.3) is 0 Å². The Balaban J connectivity index is 1.81. The van der Waals surface area contributed by atoms with E-state index < -0.39 is 0 Å². The van der Waals surface area contributed by atoms with Crippen LogP contribution in [0.15, 0.2) is 30.6 Å². The molecule has 1 atom stereocenters. The molecule has 0 spiro atoms. The summed E-state index contributed by atoms with van der Waals surface area (Å²) in [6.07, 6.45) is 4.60. The van der Waals surface area contributed by atoms with E-state index in [-0.39, 0.29) is 35.3 Å². The molecule has 6 nitrogen and oxygen atoms in total. The van der Waals surface area contributed by atoms with Gasteiger partial charge in [0, 0.05) is 18.8 Å². The van der Waals surface area contributed by atoms with Crippen LogP contribution in [0.3, 0.4) is 0 Å². The largest absolute Gasteiger partial charge is 0.507 e. The molecule has 1 aliphatic rings. The second-order valence-corrected chi connectivity index (χ2v) is 6.30. The van der Waals surface area contributed by atoms with Gasteiger partial charge in [-0.25, -0.2) is 0 Å². The number of phenolic OH excluding ortho intramolecular Hbond substituents is 1. The third-order valence-electron chi connectivity index (χ3n) is 4.39. The maximum Gasteiger partial charge on any atom is 0.255 e. The Labute approximate surface area is 134 Å². The summed E-state index contributed by atoms with van der Waals surface area (Å²) in [7, 11) is 1.82. The van der Waals surface area contributed by atoms with Crippen LogP contribution < -0.4 is 5.32 Å². The lowest BCUT2D eigenvalue weighted by Gasteiger charge is -2.37. The van der Waals surface area contributed by atoms with Crippen molar-refractivity contribution in [2.24, 2.45) is 13.0 Å². The van der Waals surface area contributed by atoms with Crippen LogP contribution >= 0.6 is 0 Å². The van der Waals surface area contributed by atoms with Crippen LogP contribution in [0.2, 0.25) is 0 Å². The van der Waals surface area contributed by atoms with Crippen molar-refractivity contribution < 1.29 is 15.0 Å². The van der Waals surface area contributed by atoms with Gasteiger partial charge >= 0.3 is 0 Å². The summed E-state index contributed by atoms with van der Waals surface area (Å²) in [5.41, 5.74) is 2.05. The van der Waals surface area contributed by atoms with E-state index in [1.165, 1.54) is 0 Å². The van der Waals surface area contributed by atoms with Gasteiger partial charge in [-0.1, -0.05) is 6.07 Å². The zero-order valence-corrected chi connectivity index (χ0v) is 13.2. The molecule has 1 aliphatic carbocycles. The normalized spacial score (nSPS) is 21.5. The zero-order chi connectivity index (χ0) is 16.6. The number of nitrogens with one attached hydrogen (secondary N) is 1. The number of hydrogen-bond donors (Lipinski definition) is 3. The highest BCUT2D eigenvalue weighted by atomic mass is 16.3. The van der Waals surface area contributed by atoms with Crippen molar-refractivity contribution in [1.82, 2.24) is 15.1 Å². The van der Waals surface area contributed by atoms with E-state index in [0.717, 1.165) is 11.1 Å². The molecule has 122 valence electrons. The predicted molar refractivity (Wildman–Crippen MR) is 85.0 cm³/mol. The number of aliphatic hydroxyl groups is 1. The molecule has 1 saturated carbocycles. The van der Waals surface area contributed by atoms with E-state index in [9.17, 15) is 15.0 Å². The minimum atomic E-state index is -0.322. The van der Waals surface area contributed by atoms with Gasteiger partial charge in [0.15, 0.2) is 0 Å². The van der Waals surface area contributed by atoms with Gasteiger partial charge < -0.3 is 15.5 Å². The number of nitrogens with zero attached hydrogens (tertiary/aromatic N) is 2. The quantitative estimate of drug-likeness (QED) is 0.801. The average Bonchev–Trinajstić information content (AvgIpc) is 2.88. The summed E-state index contributed by atoms with van der Waals surface area (Å²) in [5.74, 6) is -0.176. The maximum absolute atomic E-state index is 12.5. The fourth-order valence-electron chi connectivity index (χ4n) is 3.03. The van der Waals surface area contributed by atoms with Gasteiger partial charge in [0.05, 0.1) is 23.9 Å². The Morgan fingerprint density at radius 1 is 1.43 bits per heavy atom. The highest BCUT2D eigenvalue weighted by Crippen LogP contribution is 2.38. The number of aryl methyl sites for hydroxylation is 2. The van der Waals surface area contributed by atoms with Crippen LogP contribution in [0.4, 0.5) is 0 Å². The van der Waals surface area contributed by atoms with E-state index in [1.54, 1.807) is 29.1 Å². The Bertz CT molecular complexity index is 720. The first-order chi connectivity index (χ1) is 10.9. The van der Waals surface area contributed by atoms with Gasteiger partial charge in [-0.15, -0.1) is 0 Å². The van der Waals surface area contributed by atoms with E-state index in [1.807, 2.05) is 20.2 Å². The smallest absolute Gasteiger partial charge is 0.255 e. The molecule has 0 unspecified atom stereocenters. The number of rotatable bonds is 4. The number of phenols is 1. The standard InChI is InChI=1S/C17H21N3O3/c1-10-3-4-14(15(22)5-10)17(23)19-16(11-6-13(21)7-11)12-8-18-20(2)9-12/h3-5,8-9,11,13,16,21-22H,6-7H2,1-2H3,(H,19,23)/t11?,13?,16-/m0/s1. The van der Waals surface area contributed by atoms with E-state index in [0.29, 0.717) is 12.8 Å². The molecule has 6 heteroatoms. The molecule has 1 amide bonds. The summed E-state index contributed by atoms with van der Waals surface area (Å²) in [6.45, 7) is 1.86. The van der Waals surface area contributed by atoms with Crippen LogP contribution in [-0.2, 0) is 7.05 Å². The Morgan fingerprint density at radius 3 is 2.74 bits per heavy atom. The number of hydrogen-bond acceptors (Lipinski definition) is 4. The lowest BCUT2D eigenvalue weighted by molar-refractivity contribution is 0.0235. The first-order valence-corrected chi connectivity index (χ1v) is 7.71. The first kappa shape index (κ1) is 15.6. The number of aromatic hydroxyl groups is 1. The Kier molecular flexibility index (Phi) is 4.09. The average molecular weight is 315 g/mol. The molecule has 23 heavy (non-hydrogen) atoms. The van der Waals surface area contributed by atoms with Gasteiger partial charge in [-0.2, -0.15) is 5.10 Å². The minimum Gasteiger partial charge on any atom is -0.507 e. The van der Waals surface area contributed by atoms with Crippen LogP contribution in [0.1, 0.15) is 40.4 Å². The lowest BCUT2D eigenvalue weighted by atomic mass is 9.75. The fraction of sp³-hybridized carbons (Fsp3) is 0.412. The number of amides is 1. The zero-order valence-electron chi connectivity index (χ0n) is 13.2. The van der Waals surface area contributed by atoms with Crippen LogP contribution in [0, 0.1) is 12.8 Å². The number of aliphatic hydroxyl groups excluding tert-OH is 1.